The lowest BCUT2D eigenvalue weighted by Gasteiger charge is -2.13. The van der Waals surface area contributed by atoms with Gasteiger partial charge in [-0.25, -0.2) is 0 Å². The Kier molecular flexibility index (Phi) is 13.8. The Balaban J connectivity index is 0.00000312. The Morgan fingerprint density at radius 1 is 1.04 bits per heavy atom. The number of aliphatic hydroxyl groups is 1. The molecule has 0 aliphatic carbocycles. The van der Waals surface area contributed by atoms with Gasteiger partial charge in [-0.05, 0) is 30.7 Å². The lowest BCUT2D eigenvalue weighted by Crippen LogP contribution is -2.31. The second-order valence-corrected chi connectivity index (χ2v) is 6.67. The molecule has 7 heteroatoms. The van der Waals surface area contributed by atoms with Crippen molar-refractivity contribution in [3.05, 3.63) is 64.1 Å². The van der Waals surface area contributed by atoms with Crippen molar-refractivity contribution in [2.75, 3.05) is 19.6 Å². The van der Waals surface area contributed by atoms with Crippen LogP contribution in [0.4, 0.5) is 0 Å². The Bertz CT molecular complexity index is 616. The molecular weight excluding hydrogens is 439 g/mol. The third-order valence-electron chi connectivity index (χ3n) is 3.49. The fourth-order valence-electron chi connectivity index (χ4n) is 2.27. The molecule has 2 aromatic carbocycles. The predicted octanol–water partition coefficient (Wildman–Crippen LogP) is 3.93. The molecule has 146 valence electrons. The van der Waals surface area contributed by atoms with Crippen molar-refractivity contribution in [3.63, 3.8) is 0 Å². The molecule has 0 saturated carbocycles. The Morgan fingerprint density at radius 2 is 1.73 bits per heavy atom. The first kappa shape index (κ1) is 25.2. The van der Waals surface area contributed by atoms with Gasteiger partial charge in [0, 0.05) is 36.2 Å². The van der Waals surface area contributed by atoms with Gasteiger partial charge in [-0.15, -0.1) is 24.8 Å². The first-order valence-electron chi connectivity index (χ1n) is 8.20. The first-order valence-corrected chi connectivity index (χ1v) is 8.99. The van der Waals surface area contributed by atoms with E-state index in [1.165, 1.54) is 0 Å². The molecule has 0 radical (unpaired) electrons. The van der Waals surface area contributed by atoms with E-state index in [9.17, 15) is 5.11 Å². The van der Waals surface area contributed by atoms with Crippen LogP contribution in [0.25, 0.3) is 0 Å². The zero-order valence-corrected chi connectivity index (χ0v) is 18.0. The van der Waals surface area contributed by atoms with Crippen molar-refractivity contribution >= 4 is 40.7 Å². The van der Waals surface area contributed by atoms with Crippen molar-refractivity contribution in [1.29, 1.82) is 0 Å². The van der Waals surface area contributed by atoms with Gasteiger partial charge >= 0.3 is 0 Å². The highest BCUT2D eigenvalue weighted by molar-refractivity contribution is 9.10. The van der Waals surface area contributed by atoms with E-state index >= 15 is 0 Å². The van der Waals surface area contributed by atoms with E-state index in [1.807, 2.05) is 30.3 Å². The van der Waals surface area contributed by atoms with Crippen LogP contribution in [-0.4, -0.2) is 30.8 Å². The number of ether oxygens (including phenoxy) is 1. The highest BCUT2D eigenvalue weighted by Gasteiger charge is 2.05. The van der Waals surface area contributed by atoms with E-state index in [4.69, 9.17) is 4.74 Å². The summed E-state index contributed by atoms with van der Waals surface area (Å²) >= 11 is 3.52. The maximum absolute atomic E-state index is 9.20. The molecule has 0 heterocycles. The second-order valence-electron chi connectivity index (χ2n) is 5.76. The molecule has 0 aromatic heterocycles. The minimum absolute atomic E-state index is 0. The Hall–Kier alpha value is -0.820. The lowest BCUT2D eigenvalue weighted by atomic mass is 10.2. The molecule has 0 amide bonds. The Morgan fingerprint density at radius 3 is 2.42 bits per heavy atom. The number of hydrogen-bond donors (Lipinski definition) is 3. The van der Waals surface area contributed by atoms with Crippen molar-refractivity contribution in [2.24, 2.45) is 0 Å². The predicted molar refractivity (Wildman–Crippen MR) is 116 cm³/mol. The van der Waals surface area contributed by atoms with Gasteiger partial charge in [-0.1, -0.05) is 46.3 Å². The fourth-order valence-corrected chi connectivity index (χ4v) is 2.68. The van der Waals surface area contributed by atoms with E-state index in [0.29, 0.717) is 13.2 Å². The van der Waals surface area contributed by atoms with Crippen molar-refractivity contribution in [2.45, 2.75) is 26.2 Å². The molecule has 0 spiro atoms. The van der Waals surface area contributed by atoms with Crippen LogP contribution in [0.3, 0.4) is 0 Å². The minimum atomic E-state index is -0.312. The van der Waals surface area contributed by atoms with E-state index in [1.54, 1.807) is 6.92 Å². The largest absolute Gasteiger partial charge is 0.489 e. The van der Waals surface area contributed by atoms with Crippen molar-refractivity contribution < 1.29 is 9.84 Å². The van der Waals surface area contributed by atoms with Gasteiger partial charge in [0.25, 0.3) is 0 Å². The molecule has 4 nitrogen and oxygen atoms in total. The highest BCUT2D eigenvalue weighted by atomic mass is 79.9. The van der Waals surface area contributed by atoms with Crippen LogP contribution >= 0.6 is 40.7 Å². The summed E-state index contributed by atoms with van der Waals surface area (Å²) < 4.78 is 7.02. The summed E-state index contributed by atoms with van der Waals surface area (Å²) in [7, 11) is 0. The summed E-state index contributed by atoms with van der Waals surface area (Å²) in [6.45, 7) is 5.34. The molecule has 2 rings (SSSR count). The maximum atomic E-state index is 9.20. The van der Waals surface area contributed by atoms with Gasteiger partial charge in [0.15, 0.2) is 0 Å². The number of rotatable bonds is 10. The van der Waals surface area contributed by atoms with Crippen molar-refractivity contribution in [3.8, 4) is 5.75 Å². The first-order chi connectivity index (χ1) is 11.6. The topological polar surface area (TPSA) is 53.5 Å². The van der Waals surface area contributed by atoms with E-state index in [2.05, 4.69) is 44.8 Å². The average Bonchev–Trinajstić information content (AvgIpc) is 2.58. The van der Waals surface area contributed by atoms with Crippen molar-refractivity contribution in [1.82, 2.24) is 10.6 Å². The summed E-state index contributed by atoms with van der Waals surface area (Å²) in [6.07, 6.45) is -0.312. The smallest absolute Gasteiger partial charge is 0.124 e. The van der Waals surface area contributed by atoms with E-state index in [-0.39, 0.29) is 30.9 Å². The quantitative estimate of drug-likeness (QED) is 0.465. The molecule has 0 aliphatic heterocycles. The van der Waals surface area contributed by atoms with Crippen LogP contribution in [0.5, 0.6) is 5.75 Å². The molecule has 0 fully saturated rings. The number of halogens is 3. The van der Waals surface area contributed by atoms with Crippen LogP contribution in [0.1, 0.15) is 18.1 Å². The molecule has 1 atom stereocenters. The summed E-state index contributed by atoms with van der Waals surface area (Å²) in [5.41, 5.74) is 2.28. The molecule has 0 bridgehead atoms. The SMILES string of the molecule is CC(O)CNCCNCc1cc(Br)ccc1OCc1ccccc1.Cl.Cl. The minimum Gasteiger partial charge on any atom is -0.489 e. The summed E-state index contributed by atoms with van der Waals surface area (Å²) in [5, 5.41) is 15.8. The van der Waals surface area contributed by atoms with Crippen LogP contribution in [-0.2, 0) is 13.2 Å². The molecule has 26 heavy (non-hydrogen) atoms. The number of hydrogen-bond acceptors (Lipinski definition) is 4. The highest BCUT2D eigenvalue weighted by Crippen LogP contribution is 2.24. The third kappa shape index (κ3) is 9.76. The zero-order valence-electron chi connectivity index (χ0n) is 14.8. The summed E-state index contributed by atoms with van der Waals surface area (Å²) in [5.74, 6) is 0.895. The number of benzene rings is 2. The molecule has 0 saturated heterocycles. The average molecular weight is 466 g/mol. The van der Waals surface area contributed by atoms with Gasteiger partial charge in [-0.3, -0.25) is 0 Å². The van der Waals surface area contributed by atoms with E-state index < -0.39 is 0 Å². The standard InChI is InChI=1S/C19H25BrN2O2.2ClH/c1-15(23)12-21-9-10-22-13-17-11-18(20)7-8-19(17)24-14-16-5-3-2-4-6-16;;/h2-8,11,15,21-23H,9-10,12-14H2,1H3;2*1H. The normalized spacial score (nSPS) is 11.2. The van der Waals surface area contributed by atoms with Gasteiger partial charge in [0.05, 0.1) is 6.10 Å². The number of aliphatic hydroxyl groups excluding tert-OH is 1. The lowest BCUT2D eigenvalue weighted by molar-refractivity contribution is 0.191. The molecule has 2 aromatic rings. The van der Waals surface area contributed by atoms with Crippen LogP contribution in [0, 0.1) is 0 Å². The molecule has 1 unspecified atom stereocenters. The number of nitrogens with one attached hydrogen (secondary N) is 2. The summed E-state index contributed by atoms with van der Waals surface area (Å²) in [6, 6.07) is 16.2. The third-order valence-corrected chi connectivity index (χ3v) is 3.99. The molecule has 3 N–H and O–H groups in total. The molecular formula is C19H27BrCl2N2O2. The second kappa shape index (κ2) is 14.3. The van der Waals surface area contributed by atoms with Crippen LogP contribution < -0.4 is 15.4 Å². The zero-order chi connectivity index (χ0) is 17.2. The fraction of sp³-hybridized carbons (Fsp3) is 0.368. The van der Waals surface area contributed by atoms with Gasteiger partial charge in [0.2, 0.25) is 0 Å². The van der Waals surface area contributed by atoms with Gasteiger partial charge in [-0.2, -0.15) is 0 Å². The Labute approximate surface area is 176 Å². The van der Waals surface area contributed by atoms with Gasteiger partial charge < -0.3 is 20.5 Å². The van der Waals surface area contributed by atoms with Crippen LogP contribution in [0.15, 0.2) is 53.0 Å². The molecule has 0 aliphatic rings. The van der Waals surface area contributed by atoms with Crippen LogP contribution in [0.2, 0.25) is 0 Å². The van der Waals surface area contributed by atoms with Gasteiger partial charge in [0.1, 0.15) is 12.4 Å². The van der Waals surface area contributed by atoms with E-state index in [0.717, 1.165) is 41.0 Å². The monoisotopic (exact) mass is 464 g/mol. The summed E-state index contributed by atoms with van der Waals surface area (Å²) in [4.78, 5) is 0. The maximum Gasteiger partial charge on any atom is 0.124 e.